The molecule has 1 aliphatic rings. The van der Waals surface area contributed by atoms with Crippen molar-refractivity contribution in [2.75, 3.05) is 29.9 Å². The van der Waals surface area contributed by atoms with E-state index in [1.807, 2.05) is 25.1 Å². The van der Waals surface area contributed by atoms with Crippen molar-refractivity contribution in [2.45, 2.75) is 39.0 Å². The first-order valence-corrected chi connectivity index (χ1v) is 9.17. The predicted molar refractivity (Wildman–Crippen MR) is 101 cm³/mol. The molecule has 1 aromatic heterocycles. The highest BCUT2D eigenvalue weighted by atomic mass is 35.5. The second kappa shape index (κ2) is 8.34. The van der Waals surface area contributed by atoms with Gasteiger partial charge in [-0.1, -0.05) is 36.6 Å². The SMILES string of the molecule is Cc1nc(NCCc2cccc(Cl)c2)cc(N2CCCCCC2)n1. The molecular formula is C19H25ClN4. The Hall–Kier alpha value is -1.81. The van der Waals surface area contributed by atoms with Gasteiger partial charge in [-0.15, -0.1) is 0 Å². The fraction of sp³-hybridized carbons (Fsp3) is 0.474. The molecule has 2 aromatic rings. The first-order valence-electron chi connectivity index (χ1n) is 8.80. The maximum Gasteiger partial charge on any atom is 0.134 e. The van der Waals surface area contributed by atoms with E-state index in [0.717, 1.165) is 48.5 Å². The van der Waals surface area contributed by atoms with E-state index in [1.54, 1.807) is 0 Å². The number of hydrogen-bond donors (Lipinski definition) is 1. The molecule has 24 heavy (non-hydrogen) atoms. The van der Waals surface area contributed by atoms with Crippen LogP contribution in [0.4, 0.5) is 11.6 Å². The van der Waals surface area contributed by atoms with E-state index in [2.05, 4.69) is 32.3 Å². The molecule has 0 unspecified atom stereocenters. The molecule has 1 aromatic carbocycles. The highest BCUT2D eigenvalue weighted by Crippen LogP contribution is 2.20. The second-order valence-corrected chi connectivity index (χ2v) is 6.80. The molecule has 128 valence electrons. The minimum atomic E-state index is 0.786. The average Bonchev–Trinajstić information content (AvgIpc) is 2.84. The van der Waals surface area contributed by atoms with Crippen LogP contribution in [0.3, 0.4) is 0 Å². The van der Waals surface area contributed by atoms with Crippen LogP contribution in [0, 0.1) is 6.92 Å². The topological polar surface area (TPSA) is 41.1 Å². The largest absolute Gasteiger partial charge is 0.370 e. The van der Waals surface area contributed by atoms with Crippen LogP contribution in [-0.2, 0) is 6.42 Å². The van der Waals surface area contributed by atoms with Crippen molar-refractivity contribution in [3.05, 3.63) is 46.7 Å². The molecule has 3 rings (SSSR count). The van der Waals surface area contributed by atoms with Gasteiger partial charge in [-0.2, -0.15) is 0 Å². The van der Waals surface area contributed by atoms with Gasteiger partial charge >= 0.3 is 0 Å². The monoisotopic (exact) mass is 344 g/mol. The van der Waals surface area contributed by atoms with Gasteiger partial charge in [0.05, 0.1) is 0 Å². The van der Waals surface area contributed by atoms with E-state index in [4.69, 9.17) is 11.6 Å². The van der Waals surface area contributed by atoms with Crippen molar-refractivity contribution in [3.8, 4) is 0 Å². The number of nitrogens with one attached hydrogen (secondary N) is 1. The minimum absolute atomic E-state index is 0.786. The number of benzene rings is 1. The molecule has 1 fully saturated rings. The number of anilines is 2. The summed E-state index contributed by atoms with van der Waals surface area (Å²) in [5.74, 6) is 2.78. The number of halogens is 1. The van der Waals surface area contributed by atoms with Gasteiger partial charge in [-0.25, -0.2) is 9.97 Å². The Labute approximate surface area is 149 Å². The Kier molecular flexibility index (Phi) is 5.91. The Balaban J connectivity index is 1.62. The minimum Gasteiger partial charge on any atom is -0.370 e. The van der Waals surface area contributed by atoms with E-state index < -0.39 is 0 Å². The summed E-state index contributed by atoms with van der Waals surface area (Å²) in [4.78, 5) is 11.6. The molecule has 0 saturated carbocycles. The predicted octanol–water partition coefficient (Wildman–Crippen LogP) is 4.47. The standard InChI is InChI=1S/C19H25ClN4/c1-15-22-18(21-10-9-16-7-6-8-17(20)13-16)14-19(23-15)24-11-4-2-3-5-12-24/h6-8,13-14H,2-5,9-12H2,1H3,(H,21,22,23). The molecule has 1 saturated heterocycles. The number of hydrogen-bond acceptors (Lipinski definition) is 4. The molecule has 1 aliphatic heterocycles. The Morgan fingerprint density at radius 1 is 1.08 bits per heavy atom. The van der Waals surface area contributed by atoms with Gasteiger partial charge in [0.15, 0.2) is 0 Å². The van der Waals surface area contributed by atoms with Crippen molar-refractivity contribution in [1.29, 1.82) is 0 Å². The summed E-state index contributed by atoms with van der Waals surface area (Å²) >= 11 is 6.04. The highest BCUT2D eigenvalue weighted by molar-refractivity contribution is 6.30. The zero-order valence-corrected chi connectivity index (χ0v) is 15.0. The Morgan fingerprint density at radius 2 is 1.88 bits per heavy atom. The van der Waals surface area contributed by atoms with Gasteiger partial charge < -0.3 is 10.2 Å². The molecule has 2 heterocycles. The van der Waals surface area contributed by atoms with Crippen LogP contribution in [0.25, 0.3) is 0 Å². The molecule has 5 heteroatoms. The maximum absolute atomic E-state index is 6.04. The van der Waals surface area contributed by atoms with Gasteiger partial charge in [0.1, 0.15) is 17.5 Å². The smallest absolute Gasteiger partial charge is 0.134 e. The Bertz CT molecular complexity index is 666. The quantitative estimate of drug-likeness (QED) is 0.868. The molecule has 0 atom stereocenters. The van der Waals surface area contributed by atoms with E-state index in [0.29, 0.717) is 0 Å². The molecule has 0 bridgehead atoms. The third kappa shape index (κ3) is 4.84. The number of aryl methyl sites for hydroxylation is 1. The first-order chi connectivity index (χ1) is 11.7. The van der Waals surface area contributed by atoms with Crippen LogP contribution in [0.15, 0.2) is 30.3 Å². The average molecular weight is 345 g/mol. The lowest BCUT2D eigenvalue weighted by Gasteiger charge is -2.22. The van der Waals surface area contributed by atoms with Gasteiger partial charge in [-0.05, 0) is 43.9 Å². The third-order valence-corrected chi connectivity index (χ3v) is 4.60. The molecule has 0 radical (unpaired) electrons. The van der Waals surface area contributed by atoms with Crippen molar-refractivity contribution in [1.82, 2.24) is 9.97 Å². The summed E-state index contributed by atoms with van der Waals surface area (Å²) in [6.45, 7) is 4.98. The fourth-order valence-corrected chi connectivity index (χ4v) is 3.34. The second-order valence-electron chi connectivity index (χ2n) is 6.37. The first kappa shape index (κ1) is 17.0. The van der Waals surface area contributed by atoms with Gasteiger partial charge in [-0.3, -0.25) is 0 Å². The lowest BCUT2D eigenvalue weighted by molar-refractivity contribution is 0.726. The third-order valence-electron chi connectivity index (χ3n) is 4.36. The maximum atomic E-state index is 6.04. The van der Waals surface area contributed by atoms with Crippen LogP contribution in [0.1, 0.15) is 37.1 Å². The van der Waals surface area contributed by atoms with Crippen LogP contribution in [-0.4, -0.2) is 29.6 Å². The van der Waals surface area contributed by atoms with Crippen molar-refractivity contribution in [3.63, 3.8) is 0 Å². The molecular weight excluding hydrogens is 320 g/mol. The van der Waals surface area contributed by atoms with Gasteiger partial charge in [0, 0.05) is 30.7 Å². The highest BCUT2D eigenvalue weighted by Gasteiger charge is 2.12. The normalized spacial score (nSPS) is 15.2. The van der Waals surface area contributed by atoms with E-state index in [9.17, 15) is 0 Å². The van der Waals surface area contributed by atoms with Gasteiger partial charge in [0.2, 0.25) is 0 Å². The molecule has 0 amide bonds. The van der Waals surface area contributed by atoms with E-state index in [-0.39, 0.29) is 0 Å². The van der Waals surface area contributed by atoms with Crippen LogP contribution in [0.2, 0.25) is 5.02 Å². The summed E-state index contributed by atoms with van der Waals surface area (Å²) < 4.78 is 0. The molecule has 1 N–H and O–H groups in total. The number of rotatable bonds is 5. The zero-order valence-electron chi connectivity index (χ0n) is 14.3. The van der Waals surface area contributed by atoms with Crippen molar-refractivity contribution < 1.29 is 0 Å². The van der Waals surface area contributed by atoms with Gasteiger partial charge in [0.25, 0.3) is 0 Å². The summed E-state index contributed by atoms with van der Waals surface area (Å²) in [6.07, 6.45) is 6.07. The summed E-state index contributed by atoms with van der Waals surface area (Å²) in [7, 11) is 0. The van der Waals surface area contributed by atoms with E-state index in [1.165, 1.54) is 31.2 Å². The van der Waals surface area contributed by atoms with Crippen LogP contribution < -0.4 is 10.2 Å². The molecule has 4 nitrogen and oxygen atoms in total. The lowest BCUT2D eigenvalue weighted by atomic mass is 10.1. The Morgan fingerprint density at radius 3 is 2.62 bits per heavy atom. The molecule has 0 aliphatic carbocycles. The fourth-order valence-electron chi connectivity index (χ4n) is 3.13. The van der Waals surface area contributed by atoms with Crippen LogP contribution >= 0.6 is 11.6 Å². The number of nitrogens with zero attached hydrogens (tertiary/aromatic N) is 3. The summed E-state index contributed by atoms with van der Waals surface area (Å²) in [5.41, 5.74) is 1.23. The lowest BCUT2D eigenvalue weighted by Crippen LogP contribution is -2.25. The zero-order chi connectivity index (χ0) is 16.8. The summed E-state index contributed by atoms with van der Waals surface area (Å²) in [6, 6.07) is 10.1. The van der Waals surface area contributed by atoms with Crippen molar-refractivity contribution in [2.24, 2.45) is 0 Å². The van der Waals surface area contributed by atoms with E-state index >= 15 is 0 Å². The van der Waals surface area contributed by atoms with Crippen molar-refractivity contribution >= 4 is 23.2 Å². The summed E-state index contributed by atoms with van der Waals surface area (Å²) in [5, 5.41) is 4.21. The number of aromatic nitrogens is 2. The molecule has 0 spiro atoms. The van der Waals surface area contributed by atoms with Crippen LogP contribution in [0.5, 0.6) is 0 Å².